The molecule has 7 aromatic rings. The number of H-pyrrole nitrogens is 2. The monoisotopic (exact) mass is 1490 g/mol. The highest BCUT2D eigenvalue weighted by Crippen LogP contribution is 2.43. The van der Waals surface area contributed by atoms with Crippen molar-refractivity contribution in [3.05, 3.63) is 90.0 Å². The lowest BCUT2D eigenvalue weighted by Gasteiger charge is -2.26. The van der Waals surface area contributed by atoms with Gasteiger partial charge in [0.05, 0.1) is 56.5 Å². The molecule has 0 radical (unpaired) electrons. The number of aromatic amines is 2. The molecule has 0 aromatic carbocycles. The van der Waals surface area contributed by atoms with E-state index in [1.165, 1.54) is 50.1 Å². The normalized spacial score (nSPS) is 28.1. The predicted molar refractivity (Wildman–Crippen MR) is 319 cm³/mol. The van der Waals surface area contributed by atoms with Gasteiger partial charge in [-0.05, 0) is 33.8 Å². The van der Waals surface area contributed by atoms with Crippen LogP contribution in [-0.2, 0) is 73.6 Å². The SMILES string of the molecule is Cc1nc(Cl)c2ncn([C@@H]3O[C@H](COP(=O)(O)O)[C@@H](O)[C@H]3O)c2n1.Cc1nc2c(c(=O)[nH]1)CC(=O)N2[C@@H]1O[C@H](COP(=O)(O)O)[C@@H](O)[C@H]1O.Cc1nc2c(ccn2[C@@H]2O[C@H](COP(=O)(O)O)[C@@H](O)[C@H]2O)c(=O)[nH]1.Cc1nc2c(ncn2[C@@H]2O[C@H](COP(=O)(O)O)[C@@H](O)[C@H]2O)c(=O)n1C. The van der Waals surface area contributed by atoms with Crippen molar-refractivity contribution >= 4 is 88.0 Å². The van der Waals surface area contributed by atoms with Crippen molar-refractivity contribution in [1.82, 2.24) is 63.1 Å². The number of anilines is 1. The third kappa shape index (κ3) is 16.9. The number of phosphoric acid groups is 4. The highest BCUT2D eigenvalue weighted by Gasteiger charge is 2.52. The minimum Gasteiger partial charge on any atom is -0.387 e. The fourth-order valence-corrected chi connectivity index (χ4v) is 12.1. The van der Waals surface area contributed by atoms with Crippen LogP contribution in [-0.4, -0.2) is 255 Å². The number of aromatic nitrogens is 13. The van der Waals surface area contributed by atoms with E-state index < -0.39 is 167 Å². The second kappa shape index (κ2) is 29.5. The van der Waals surface area contributed by atoms with Gasteiger partial charge in [-0.25, -0.2) is 53.1 Å². The number of phosphoric ester groups is 4. The molecule has 5 aliphatic heterocycles. The zero-order chi connectivity index (χ0) is 72.3. The summed E-state index contributed by atoms with van der Waals surface area (Å²) in [5, 5.41) is 81.1. The van der Waals surface area contributed by atoms with Crippen molar-refractivity contribution in [1.29, 1.82) is 0 Å². The van der Waals surface area contributed by atoms with Crippen molar-refractivity contribution < 1.29 is 140 Å². The van der Waals surface area contributed by atoms with Crippen molar-refractivity contribution in [2.24, 2.45) is 7.05 Å². The molecule has 4 fully saturated rings. The first-order chi connectivity index (χ1) is 45.5. The quantitative estimate of drug-likeness (QED) is 0.0316. The van der Waals surface area contributed by atoms with E-state index in [1.54, 1.807) is 27.8 Å². The zero-order valence-electron chi connectivity index (χ0n) is 50.8. The molecule has 12 heterocycles. The first-order valence-corrected chi connectivity index (χ1v) is 34.7. The summed E-state index contributed by atoms with van der Waals surface area (Å²) in [6.07, 6.45) is -17.3. The van der Waals surface area contributed by atoms with Gasteiger partial charge in [0.15, 0.2) is 46.9 Å². The lowest BCUT2D eigenvalue weighted by atomic mass is 10.1. The number of aliphatic hydroxyl groups excluding tert-OH is 8. The van der Waals surface area contributed by atoms with Crippen molar-refractivity contribution in [3.63, 3.8) is 0 Å². The van der Waals surface area contributed by atoms with Gasteiger partial charge in [0, 0.05) is 13.2 Å². The molecule has 0 unspecified atom stereocenters. The van der Waals surface area contributed by atoms with Gasteiger partial charge in [-0.15, -0.1) is 0 Å². The maximum Gasteiger partial charge on any atom is 0.469 e. The van der Waals surface area contributed by atoms with Crippen LogP contribution in [0.3, 0.4) is 0 Å². The second-order valence-corrected chi connectivity index (χ2v) is 27.4. The number of nitrogens with zero attached hydrogens (tertiary/aromatic N) is 12. The van der Waals surface area contributed by atoms with E-state index in [4.69, 9.17) is 69.7 Å². The van der Waals surface area contributed by atoms with Gasteiger partial charge in [0.2, 0.25) is 5.91 Å². The number of ether oxygens (including phenoxy) is 4. The topological polar surface area (TPSA) is 679 Å². The fraction of sp³-hybridized carbons (Fsp3) is 0.553. The lowest BCUT2D eigenvalue weighted by Crippen LogP contribution is -2.46. The summed E-state index contributed by atoms with van der Waals surface area (Å²) in [7, 11) is -17.5. The van der Waals surface area contributed by atoms with Crippen LogP contribution in [0, 0.1) is 27.7 Å². The summed E-state index contributed by atoms with van der Waals surface area (Å²) in [5.41, 5.74) is -0.0570. The lowest BCUT2D eigenvalue weighted by molar-refractivity contribution is -0.121. The van der Waals surface area contributed by atoms with E-state index >= 15 is 0 Å². The van der Waals surface area contributed by atoms with Crippen molar-refractivity contribution in [2.75, 3.05) is 31.3 Å². The molecule has 12 rings (SSSR count). The summed E-state index contributed by atoms with van der Waals surface area (Å²) in [4.78, 5) is 153. The summed E-state index contributed by atoms with van der Waals surface area (Å²) in [6.45, 7) is 3.83. The number of imidazole rings is 2. The summed E-state index contributed by atoms with van der Waals surface area (Å²) >= 11 is 5.99. The standard InChI is InChI=1S/C12H17N4O8P.C12H16N3O9P.C12H16N3O8P.C11H14ClN4O7P/c1-5-14-10-7(11(19)15(5)2)13-4-16(10)12-9(18)8(17)6(24-12)3-23-25(20,21)22;1-4-13-10-5(11(19)14-4)2-7(16)15(10)12-9(18)8(17)6(24-12)3-23-25(20,21)22;1-5-13-10-6(11(18)14-5)2-3-15(10)12-9(17)8(16)7(23-12)4-22-24(19,20)21;1-4-14-9(12)6-10(15-4)16(3-13-6)11-8(18)7(17)5(23-11)2-22-24(19,20)21/h4,6,8-9,12,17-18H,3H2,1-2H3,(H2,20,21,22);6,8-9,12,17-18H,2-3H2,1H3,(H,13,14,19)(H2,20,21,22);2-3,7-9,12,16-17H,4H2,1H3,(H,13,14,18)(H2,19,20,21);3,5,7-8,11,17-18H,2H2,1H3,(H2,19,20,21)/t2*6-,8-,9-,12-;7-,8-,9-,12-;5-,7-,8-,11-/m1111/s1. The van der Waals surface area contributed by atoms with Gasteiger partial charge >= 0.3 is 31.3 Å². The molecule has 0 saturated carbocycles. The molecule has 18 N–H and O–H groups in total. The zero-order valence-corrected chi connectivity index (χ0v) is 55.1. The summed E-state index contributed by atoms with van der Waals surface area (Å²) < 4.78 is 87.4. The number of carbonyl (C=O) groups excluding carboxylic acids is 1. The van der Waals surface area contributed by atoms with Crippen LogP contribution in [0.2, 0.25) is 5.15 Å². The predicted octanol–water partition coefficient (Wildman–Crippen LogP) is -6.03. The molecule has 46 nitrogen and oxygen atoms in total. The third-order valence-corrected chi connectivity index (χ3v) is 17.4. The van der Waals surface area contributed by atoms with Gasteiger partial charge in [-0.2, -0.15) is 0 Å². The molecule has 0 bridgehead atoms. The number of nitrogens with one attached hydrogen (secondary N) is 2. The van der Waals surface area contributed by atoms with Gasteiger partial charge < -0.3 is 113 Å². The number of aryl methyl sites for hydroxylation is 4. The number of carbonyl (C=O) groups is 1. The second-order valence-electron chi connectivity index (χ2n) is 22.1. The molecule has 4 saturated heterocycles. The fourth-order valence-electron chi connectivity index (χ4n) is 10.5. The Bertz CT molecular complexity index is 4500. The Kier molecular flexibility index (Phi) is 22.9. The third-order valence-electron chi connectivity index (χ3n) is 15.2. The van der Waals surface area contributed by atoms with E-state index in [2.05, 4.69) is 63.0 Å². The van der Waals surface area contributed by atoms with Gasteiger partial charge in [-0.3, -0.25) is 55.9 Å². The van der Waals surface area contributed by atoms with E-state index in [0.29, 0.717) is 28.6 Å². The van der Waals surface area contributed by atoms with Crippen LogP contribution in [0.15, 0.2) is 39.3 Å². The maximum absolute atomic E-state index is 12.3. The van der Waals surface area contributed by atoms with Crippen LogP contribution in [0.4, 0.5) is 5.82 Å². The first-order valence-electron chi connectivity index (χ1n) is 28.2. The molecule has 98 heavy (non-hydrogen) atoms. The van der Waals surface area contributed by atoms with E-state index in [9.17, 15) is 78.3 Å². The summed E-state index contributed by atoms with van der Waals surface area (Å²) in [6, 6.07) is 1.49. The smallest absolute Gasteiger partial charge is 0.387 e. The number of rotatable bonds is 16. The largest absolute Gasteiger partial charge is 0.469 e. The number of amides is 1. The average Bonchev–Trinajstić information content (AvgIpc) is 1.62. The molecule has 540 valence electrons. The van der Waals surface area contributed by atoms with Crippen LogP contribution < -0.4 is 21.6 Å². The van der Waals surface area contributed by atoms with E-state index in [0.717, 1.165) is 4.90 Å². The number of hydrogen-bond acceptors (Lipinski definition) is 31. The van der Waals surface area contributed by atoms with Crippen LogP contribution >= 0.6 is 42.9 Å². The van der Waals surface area contributed by atoms with Crippen molar-refractivity contribution in [2.45, 2.75) is 132 Å². The highest BCUT2D eigenvalue weighted by molar-refractivity contribution is 7.47. The number of fused-ring (bicyclic) bond motifs is 4. The highest BCUT2D eigenvalue weighted by atomic mass is 35.5. The van der Waals surface area contributed by atoms with Crippen LogP contribution in [0.5, 0.6) is 0 Å². The summed E-state index contributed by atoms with van der Waals surface area (Å²) in [5.74, 6) is 0.850. The van der Waals surface area contributed by atoms with E-state index in [-0.39, 0.29) is 62.1 Å². The minimum absolute atomic E-state index is 0.0130. The molecule has 5 aliphatic rings. The number of hydrogen-bond donors (Lipinski definition) is 18. The number of aliphatic hydroxyl groups is 8. The molecule has 51 heteroatoms. The van der Waals surface area contributed by atoms with Crippen molar-refractivity contribution in [3.8, 4) is 0 Å². The van der Waals surface area contributed by atoms with Crippen LogP contribution in [0.1, 0.15) is 47.5 Å². The molecule has 16 atom stereocenters. The number of halogens is 1. The maximum atomic E-state index is 12.3. The van der Waals surface area contributed by atoms with Crippen LogP contribution in [0.25, 0.3) is 33.4 Å². The van der Waals surface area contributed by atoms with Gasteiger partial charge in [0.1, 0.15) is 114 Å². The Morgan fingerprint density at radius 1 is 0.520 bits per heavy atom. The molecule has 7 aromatic heterocycles. The first kappa shape index (κ1) is 76.1. The van der Waals surface area contributed by atoms with Gasteiger partial charge in [-0.1, -0.05) is 11.6 Å². The Morgan fingerprint density at radius 2 is 0.918 bits per heavy atom. The molecular weight excluding hydrogens is 1430 g/mol. The Morgan fingerprint density at radius 3 is 1.38 bits per heavy atom. The van der Waals surface area contributed by atoms with E-state index in [1.807, 2.05) is 0 Å². The Balaban J connectivity index is 0.000000153. The average molecular weight is 1500 g/mol. The molecule has 1 amide bonds. The molecular formula is C47H63ClN14O32P4. The molecule has 0 spiro atoms. The minimum atomic E-state index is -4.80. The molecule has 0 aliphatic carbocycles. The Labute approximate surface area is 550 Å². The Hall–Kier alpha value is -6.08. The van der Waals surface area contributed by atoms with Gasteiger partial charge in [0.25, 0.3) is 16.7 Å².